The van der Waals surface area contributed by atoms with E-state index >= 15 is 0 Å². The largest absolute Gasteiger partial charge is 0.478 e. The fraction of sp³-hybridized carbons (Fsp3) is 0.242. The van der Waals surface area contributed by atoms with Crippen molar-refractivity contribution in [3.8, 4) is 0 Å². The number of benzene rings is 3. The molecule has 42 heavy (non-hydrogen) atoms. The molecule has 0 unspecified atom stereocenters. The van der Waals surface area contributed by atoms with E-state index in [1.165, 1.54) is 6.20 Å². The molecule has 3 aromatic carbocycles. The van der Waals surface area contributed by atoms with Gasteiger partial charge in [-0.15, -0.1) is 11.8 Å². The van der Waals surface area contributed by atoms with Crippen LogP contribution >= 0.6 is 11.8 Å². The zero-order chi connectivity index (χ0) is 29.5. The molecule has 1 aromatic heterocycles. The fourth-order valence-electron chi connectivity index (χ4n) is 4.76. The van der Waals surface area contributed by atoms with Gasteiger partial charge in [-0.05, 0) is 53.1 Å². The van der Waals surface area contributed by atoms with Gasteiger partial charge in [0.15, 0.2) is 6.29 Å². The van der Waals surface area contributed by atoms with Crippen LogP contribution in [0.25, 0.3) is 0 Å². The maximum Gasteiger partial charge on any atom is 0.335 e. The van der Waals surface area contributed by atoms with Gasteiger partial charge in [0.2, 0.25) is 0 Å². The van der Waals surface area contributed by atoms with Crippen LogP contribution in [-0.2, 0) is 22.6 Å². The summed E-state index contributed by atoms with van der Waals surface area (Å²) in [5.41, 5.74) is 4.39. The smallest absolute Gasteiger partial charge is 0.335 e. The number of nitrogens with zero attached hydrogens (tertiary/aromatic N) is 1. The van der Waals surface area contributed by atoms with Crippen LogP contribution in [-0.4, -0.2) is 38.9 Å². The molecule has 2 heterocycles. The predicted molar refractivity (Wildman–Crippen MR) is 159 cm³/mol. The van der Waals surface area contributed by atoms with E-state index in [1.807, 2.05) is 60.7 Å². The summed E-state index contributed by atoms with van der Waals surface area (Å²) < 4.78 is 13.0. The zero-order valence-corrected chi connectivity index (χ0v) is 23.9. The van der Waals surface area contributed by atoms with Gasteiger partial charge >= 0.3 is 5.97 Å². The second-order valence-corrected chi connectivity index (χ2v) is 11.2. The number of rotatable bonds is 10. The number of aliphatic hydroxyl groups is 1. The average Bonchev–Trinajstić information content (AvgIpc) is 3.04. The number of pyridine rings is 1. The van der Waals surface area contributed by atoms with Crippen molar-refractivity contribution in [1.29, 1.82) is 0 Å². The summed E-state index contributed by atoms with van der Waals surface area (Å²) in [4.78, 5) is 28.5. The van der Waals surface area contributed by atoms with Crippen LogP contribution in [0, 0.1) is 5.92 Å². The molecule has 3 N–H and O–H groups in total. The second kappa shape index (κ2) is 13.8. The SMILES string of the molecule is C[C@@H]1[C@H](CSc2ccc(C(=O)O)cc2)O[C@H](c2ccc(CNC(=O)c3cccnc3)cc2)O[C@@H]1c1ccc(CO)cc1. The maximum absolute atomic E-state index is 12.4. The van der Waals surface area contributed by atoms with E-state index in [2.05, 4.69) is 17.2 Å². The Hall–Kier alpha value is -4.02. The molecule has 4 aromatic rings. The van der Waals surface area contributed by atoms with E-state index in [0.717, 1.165) is 27.1 Å². The van der Waals surface area contributed by atoms with Gasteiger partial charge in [-0.3, -0.25) is 9.78 Å². The molecule has 1 saturated heterocycles. The third-order valence-electron chi connectivity index (χ3n) is 7.27. The van der Waals surface area contributed by atoms with Gasteiger partial charge in [-0.2, -0.15) is 0 Å². The van der Waals surface area contributed by atoms with Crippen LogP contribution in [0.1, 0.15) is 62.3 Å². The molecule has 216 valence electrons. The standard InChI is InChI=1S/C33H32N2O6S/c1-21-29(20-42-28-14-12-25(13-15-28)32(38)39)40-33(41-30(21)24-8-6-23(19-36)7-9-24)26-10-4-22(5-11-26)17-35-31(37)27-3-2-16-34-18-27/h2-16,18,21,29-30,33,36H,17,19-20H2,1H3,(H,35,37)(H,38,39)/t21-,29+,30+,33+/m1/s1. The minimum absolute atomic E-state index is 0.0222. The first kappa shape index (κ1) is 29.5. The van der Waals surface area contributed by atoms with Crippen LogP contribution in [0.2, 0.25) is 0 Å². The fourth-order valence-corrected chi connectivity index (χ4v) is 5.82. The van der Waals surface area contributed by atoms with Crippen LogP contribution in [0.5, 0.6) is 0 Å². The number of thioether (sulfide) groups is 1. The molecular formula is C33H32N2O6S. The zero-order valence-electron chi connectivity index (χ0n) is 23.1. The van der Waals surface area contributed by atoms with Crippen molar-refractivity contribution in [2.24, 2.45) is 5.92 Å². The number of carbonyl (C=O) groups excluding carboxylic acids is 1. The van der Waals surface area contributed by atoms with Crippen molar-refractivity contribution < 1.29 is 29.3 Å². The number of nitrogens with one attached hydrogen (secondary N) is 1. The monoisotopic (exact) mass is 584 g/mol. The van der Waals surface area contributed by atoms with Crippen molar-refractivity contribution in [3.05, 3.63) is 131 Å². The molecule has 0 bridgehead atoms. The Morgan fingerprint density at radius 3 is 2.21 bits per heavy atom. The Balaban J connectivity index is 1.30. The molecule has 0 aliphatic carbocycles. The van der Waals surface area contributed by atoms with Crippen LogP contribution in [0.3, 0.4) is 0 Å². The number of hydrogen-bond acceptors (Lipinski definition) is 7. The molecule has 0 radical (unpaired) electrons. The van der Waals surface area contributed by atoms with Gasteiger partial charge in [0.1, 0.15) is 0 Å². The Kier molecular flexibility index (Phi) is 9.66. The van der Waals surface area contributed by atoms with Crippen LogP contribution in [0.15, 0.2) is 102 Å². The summed E-state index contributed by atoms with van der Waals surface area (Å²) in [7, 11) is 0. The Bertz CT molecular complexity index is 1480. The Morgan fingerprint density at radius 2 is 1.57 bits per heavy atom. The molecule has 5 rings (SSSR count). The Morgan fingerprint density at radius 1 is 0.881 bits per heavy atom. The first-order valence-electron chi connectivity index (χ1n) is 13.6. The number of carboxylic acid groups (broad SMARTS) is 1. The topological polar surface area (TPSA) is 118 Å². The van der Waals surface area contributed by atoms with Gasteiger partial charge in [0, 0.05) is 41.1 Å². The summed E-state index contributed by atoms with van der Waals surface area (Å²) in [6, 6.07) is 25.8. The highest BCUT2D eigenvalue weighted by atomic mass is 32.2. The number of aromatic carboxylic acids is 1. The quantitative estimate of drug-likeness (QED) is 0.201. The van der Waals surface area contributed by atoms with Gasteiger partial charge in [-0.25, -0.2) is 4.79 Å². The molecular weight excluding hydrogens is 552 g/mol. The highest BCUT2D eigenvalue weighted by Gasteiger charge is 2.38. The molecule has 4 atom stereocenters. The first-order chi connectivity index (χ1) is 20.4. The normalized spacial score (nSPS) is 20.1. The molecule has 9 heteroatoms. The molecule has 1 amide bonds. The van der Waals surface area contributed by atoms with Gasteiger partial charge in [-0.1, -0.05) is 55.5 Å². The molecule has 1 fully saturated rings. The molecule has 1 aliphatic rings. The number of ether oxygens (including phenoxy) is 2. The molecule has 8 nitrogen and oxygen atoms in total. The number of hydrogen-bond donors (Lipinski definition) is 3. The summed E-state index contributed by atoms with van der Waals surface area (Å²) >= 11 is 1.61. The van der Waals surface area contributed by atoms with Crippen LogP contribution < -0.4 is 5.32 Å². The van der Waals surface area contributed by atoms with E-state index < -0.39 is 12.3 Å². The van der Waals surface area contributed by atoms with Crippen molar-refractivity contribution in [1.82, 2.24) is 10.3 Å². The number of aromatic nitrogens is 1. The molecule has 1 aliphatic heterocycles. The minimum Gasteiger partial charge on any atom is -0.478 e. The van der Waals surface area contributed by atoms with Gasteiger partial charge < -0.3 is 25.0 Å². The van der Waals surface area contributed by atoms with E-state index in [1.54, 1.807) is 42.2 Å². The highest BCUT2D eigenvalue weighted by molar-refractivity contribution is 7.99. The van der Waals surface area contributed by atoms with Gasteiger partial charge in [0.25, 0.3) is 5.91 Å². The van der Waals surface area contributed by atoms with Crippen LogP contribution in [0.4, 0.5) is 0 Å². The van der Waals surface area contributed by atoms with E-state index in [4.69, 9.17) is 9.47 Å². The third kappa shape index (κ3) is 7.24. The molecule has 0 saturated carbocycles. The number of amides is 1. The van der Waals surface area contributed by atoms with Crippen molar-refractivity contribution in [2.45, 2.75) is 43.5 Å². The van der Waals surface area contributed by atoms with E-state index in [9.17, 15) is 19.8 Å². The lowest BCUT2D eigenvalue weighted by Gasteiger charge is -2.41. The lowest BCUT2D eigenvalue weighted by molar-refractivity contribution is -0.268. The summed E-state index contributed by atoms with van der Waals surface area (Å²) in [5, 5.41) is 21.6. The number of carbonyl (C=O) groups is 2. The number of carboxylic acids is 1. The summed E-state index contributed by atoms with van der Waals surface area (Å²) in [6.07, 6.45) is 2.15. The van der Waals surface area contributed by atoms with Crippen molar-refractivity contribution in [2.75, 3.05) is 5.75 Å². The minimum atomic E-state index is -0.951. The second-order valence-electron chi connectivity index (χ2n) is 10.1. The third-order valence-corrected chi connectivity index (χ3v) is 8.37. The molecule has 0 spiro atoms. The summed E-state index contributed by atoms with van der Waals surface area (Å²) in [6.45, 7) is 2.45. The van der Waals surface area contributed by atoms with E-state index in [0.29, 0.717) is 17.9 Å². The summed E-state index contributed by atoms with van der Waals surface area (Å²) in [5.74, 6) is -0.466. The van der Waals surface area contributed by atoms with Crippen molar-refractivity contribution >= 4 is 23.6 Å². The van der Waals surface area contributed by atoms with Crippen molar-refractivity contribution in [3.63, 3.8) is 0 Å². The van der Waals surface area contributed by atoms with E-state index in [-0.39, 0.29) is 36.2 Å². The maximum atomic E-state index is 12.4. The predicted octanol–water partition coefficient (Wildman–Crippen LogP) is 5.79. The van der Waals surface area contributed by atoms with Gasteiger partial charge in [0.05, 0.1) is 29.9 Å². The first-order valence-corrected chi connectivity index (χ1v) is 14.6. The number of aliphatic hydroxyl groups excluding tert-OH is 1. The highest BCUT2D eigenvalue weighted by Crippen LogP contribution is 2.43. The Labute approximate surface area is 248 Å². The lowest BCUT2D eigenvalue weighted by atomic mass is 9.91. The average molecular weight is 585 g/mol. The lowest BCUT2D eigenvalue weighted by Crippen LogP contribution is -2.38.